The molecular weight excluding hydrogens is 262 g/mol. The van der Waals surface area contributed by atoms with E-state index in [2.05, 4.69) is 44.7 Å². The Labute approximate surface area is 127 Å². The van der Waals surface area contributed by atoms with Crippen LogP contribution in [0.15, 0.2) is 12.1 Å². The van der Waals surface area contributed by atoms with Gasteiger partial charge in [-0.2, -0.15) is 0 Å². The van der Waals surface area contributed by atoms with Gasteiger partial charge in [0.05, 0.1) is 6.04 Å². The molecule has 1 aromatic rings. The number of likely N-dealkylation sites (tertiary alicyclic amines) is 1. The van der Waals surface area contributed by atoms with Gasteiger partial charge in [0.1, 0.15) is 18.5 Å². The molecule has 0 bridgehead atoms. The first-order chi connectivity index (χ1) is 9.97. The molecular formula is C18H27NO2. The third kappa shape index (κ3) is 2.69. The van der Waals surface area contributed by atoms with Crippen LogP contribution in [0.2, 0.25) is 0 Å². The molecule has 0 saturated carbocycles. The molecule has 21 heavy (non-hydrogen) atoms. The topological polar surface area (TPSA) is 32.7 Å². The Morgan fingerprint density at radius 1 is 1.14 bits per heavy atom. The van der Waals surface area contributed by atoms with E-state index in [-0.39, 0.29) is 6.04 Å². The number of aliphatic hydroxyl groups is 1. The van der Waals surface area contributed by atoms with Crippen molar-refractivity contribution in [1.29, 1.82) is 0 Å². The highest BCUT2D eigenvalue weighted by atomic mass is 16.5. The molecule has 116 valence electrons. The summed E-state index contributed by atoms with van der Waals surface area (Å²) < 4.78 is 5.85. The number of ether oxygens (including phenoxy) is 1. The summed E-state index contributed by atoms with van der Waals surface area (Å²) in [5.41, 5.74) is 3.63. The molecule has 1 aromatic carbocycles. The lowest BCUT2D eigenvalue weighted by Crippen LogP contribution is -2.48. The quantitative estimate of drug-likeness (QED) is 0.862. The lowest BCUT2D eigenvalue weighted by Gasteiger charge is -2.44. The Balaban J connectivity index is 1.97. The van der Waals surface area contributed by atoms with Gasteiger partial charge in [-0.3, -0.25) is 4.90 Å². The first kappa shape index (κ1) is 14.9. The summed E-state index contributed by atoms with van der Waals surface area (Å²) in [6.07, 6.45) is 0.854. The van der Waals surface area contributed by atoms with Crippen LogP contribution in [-0.2, 0) is 0 Å². The minimum Gasteiger partial charge on any atom is -0.490 e. The van der Waals surface area contributed by atoms with Crippen molar-refractivity contribution >= 4 is 0 Å². The molecule has 0 spiro atoms. The number of nitrogens with zero attached hydrogens (tertiary/aromatic N) is 1. The van der Waals surface area contributed by atoms with Gasteiger partial charge in [-0.05, 0) is 43.2 Å². The molecule has 1 fully saturated rings. The molecule has 1 N–H and O–H groups in total. The second-order valence-corrected chi connectivity index (χ2v) is 7.15. The Morgan fingerprint density at radius 3 is 2.48 bits per heavy atom. The van der Waals surface area contributed by atoms with Crippen LogP contribution in [0.25, 0.3) is 0 Å². The number of rotatable bonds is 1. The van der Waals surface area contributed by atoms with Gasteiger partial charge in [-0.15, -0.1) is 0 Å². The van der Waals surface area contributed by atoms with Crippen molar-refractivity contribution in [2.45, 2.75) is 46.3 Å². The van der Waals surface area contributed by atoms with Crippen LogP contribution < -0.4 is 4.74 Å². The van der Waals surface area contributed by atoms with Gasteiger partial charge >= 0.3 is 0 Å². The summed E-state index contributed by atoms with van der Waals surface area (Å²) in [5.74, 6) is 2.38. The van der Waals surface area contributed by atoms with E-state index in [9.17, 15) is 5.11 Å². The second kappa shape index (κ2) is 5.62. The van der Waals surface area contributed by atoms with Gasteiger partial charge in [-0.25, -0.2) is 0 Å². The second-order valence-electron chi connectivity index (χ2n) is 7.15. The number of aryl methyl sites for hydroxylation is 1. The molecule has 0 aliphatic carbocycles. The summed E-state index contributed by atoms with van der Waals surface area (Å²) in [4.78, 5) is 2.47. The Kier molecular flexibility index (Phi) is 3.98. The van der Waals surface area contributed by atoms with Crippen molar-refractivity contribution in [3.05, 3.63) is 28.8 Å². The van der Waals surface area contributed by atoms with Crippen LogP contribution in [-0.4, -0.2) is 35.8 Å². The van der Waals surface area contributed by atoms with Gasteiger partial charge in [0.15, 0.2) is 0 Å². The van der Waals surface area contributed by atoms with E-state index in [1.165, 1.54) is 17.5 Å². The van der Waals surface area contributed by atoms with E-state index < -0.39 is 6.10 Å². The number of benzene rings is 1. The van der Waals surface area contributed by atoms with Crippen molar-refractivity contribution in [3.63, 3.8) is 0 Å². The number of piperidine rings is 1. The summed E-state index contributed by atoms with van der Waals surface area (Å²) in [7, 11) is 0. The van der Waals surface area contributed by atoms with Crippen LogP contribution in [0.3, 0.4) is 0 Å². The van der Waals surface area contributed by atoms with Crippen molar-refractivity contribution in [1.82, 2.24) is 4.90 Å². The third-order valence-corrected chi connectivity index (χ3v) is 5.08. The molecule has 0 amide bonds. The predicted molar refractivity (Wildman–Crippen MR) is 84.7 cm³/mol. The van der Waals surface area contributed by atoms with Crippen molar-refractivity contribution in [3.8, 4) is 5.75 Å². The zero-order chi connectivity index (χ0) is 15.1. The van der Waals surface area contributed by atoms with E-state index in [1.54, 1.807) is 0 Å². The zero-order valence-electron chi connectivity index (χ0n) is 13.6. The van der Waals surface area contributed by atoms with Gasteiger partial charge in [0, 0.05) is 18.7 Å². The summed E-state index contributed by atoms with van der Waals surface area (Å²) in [6, 6.07) is 4.38. The minimum absolute atomic E-state index is 0.0817. The summed E-state index contributed by atoms with van der Waals surface area (Å²) in [5, 5.41) is 10.5. The zero-order valence-corrected chi connectivity index (χ0v) is 13.6. The van der Waals surface area contributed by atoms with E-state index in [4.69, 9.17) is 4.74 Å². The fourth-order valence-corrected chi connectivity index (χ4v) is 4.08. The standard InChI is InChI=1S/C18H27NO2/c1-11-7-12(2)9-19(8-11)17-15-6-5-13(3)14(4)18(15)21-10-16(17)20/h5-6,11-12,16-17,20H,7-10H2,1-4H3. The maximum absolute atomic E-state index is 10.5. The van der Waals surface area contributed by atoms with E-state index >= 15 is 0 Å². The summed E-state index contributed by atoms with van der Waals surface area (Å²) >= 11 is 0. The molecule has 4 unspecified atom stereocenters. The molecule has 3 rings (SSSR count). The average molecular weight is 289 g/mol. The number of hydrogen-bond donors (Lipinski definition) is 1. The predicted octanol–water partition coefficient (Wildman–Crippen LogP) is 3.08. The molecule has 1 saturated heterocycles. The molecule has 0 aromatic heterocycles. The van der Waals surface area contributed by atoms with Crippen LogP contribution >= 0.6 is 0 Å². The van der Waals surface area contributed by atoms with Crippen molar-refractivity contribution in [2.24, 2.45) is 11.8 Å². The maximum Gasteiger partial charge on any atom is 0.127 e. The molecule has 0 radical (unpaired) electrons. The lowest BCUT2D eigenvalue weighted by atomic mass is 9.86. The van der Waals surface area contributed by atoms with Crippen molar-refractivity contribution < 1.29 is 9.84 Å². The SMILES string of the molecule is Cc1ccc2c(c1C)OCC(O)C2N1CC(C)CC(C)C1. The fraction of sp³-hybridized carbons (Fsp3) is 0.667. The maximum atomic E-state index is 10.5. The average Bonchev–Trinajstić information content (AvgIpc) is 2.41. The highest BCUT2D eigenvalue weighted by Gasteiger charge is 2.37. The molecule has 2 aliphatic heterocycles. The Morgan fingerprint density at radius 2 is 1.81 bits per heavy atom. The number of aliphatic hydroxyl groups excluding tert-OH is 1. The summed E-state index contributed by atoms with van der Waals surface area (Å²) in [6.45, 7) is 11.4. The Hall–Kier alpha value is -1.06. The van der Waals surface area contributed by atoms with Crippen LogP contribution in [0, 0.1) is 25.7 Å². The van der Waals surface area contributed by atoms with E-state index in [0.29, 0.717) is 18.4 Å². The molecule has 3 nitrogen and oxygen atoms in total. The smallest absolute Gasteiger partial charge is 0.127 e. The minimum atomic E-state index is -0.433. The molecule has 2 aliphatic rings. The van der Waals surface area contributed by atoms with Gasteiger partial charge in [-0.1, -0.05) is 26.0 Å². The number of fused-ring (bicyclic) bond motifs is 1. The largest absolute Gasteiger partial charge is 0.490 e. The third-order valence-electron chi connectivity index (χ3n) is 5.08. The highest BCUT2D eigenvalue weighted by molar-refractivity contribution is 5.48. The van der Waals surface area contributed by atoms with Crippen molar-refractivity contribution in [2.75, 3.05) is 19.7 Å². The lowest BCUT2D eigenvalue weighted by molar-refractivity contribution is -0.0232. The van der Waals surface area contributed by atoms with E-state index in [1.807, 2.05) is 0 Å². The van der Waals surface area contributed by atoms with E-state index in [0.717, 1.165) is 24.4 Å². The first-order valence-electron chi connectivity index (χ1n) is 8.12. The van der Waals surface area contributed by atoms with Crippen LogP contribution in [0.5, 0.6) is 5.75 Å². The fourth-order valence-electron chi connectivity index (χ4n) is 4.08. The van der Waals surface area contributed by atoms with Crippen LogP contribution in [0.4, 0.5) is 0 Å². The normalized spacial score (nSPS) is 33.4. The van der Waals surface area contributed by atoms with Gasteiger partial charge < -0.3 is 9.84 Å². The van der Waals surface area contributed by atoms with Crippen LogP contribution in [0.1, 0.15) is 43.0 Å². The first-order valence-corrected chi connectivity index (χ1v) is 8.12. The molecule has 2 heterocycles. The monoisotopic (exact) mass is 289 g/mol. The number of hydrogen-bond acceptors (Lipinski definition) is 3. The van der Waals surface area contributed by atoms with Gasteiger partial charge in [0.2, 0.25) is 0 Å². The Bertz CT molecular complexity index is 518. The molecule has 4 atom stereocenters. The molecule has 3 heteroatoms. The highest BCUT2D eigenvalue weighted by Crippen LogP contribution is 2.41. The van der Waals surface area contributed by atoms with Gasteiger partial charge in [0.25, 0.3) is 0 Å².